The van der Waals surface area contributed by atoms with Crippen molar-refractivity contribution in [3.8, 4) is 11.5 Å². The number of hydrogen-bond donors (Lipinski definition) is 1. The lowest BCUT2D eigenvalue weighted by Crippen LogP contribution is -2.33. The molecule has 0 saturated heterocycles. The van der Waals surface area contributed by atoms with Gasteiger partial charge in [0.05, 0.1) is 13.7 Å². The molecule has 2 aromatic rings. The fourth-order valence-corrected chi connectivity index (χ4v) is 2.79. The number of benzene rings is 2. The second-order valence-corrected chi connectivity index (χ2v) is 6.69. The predicted octanol–water partition coefficient (Wildman–Crippen LogP) is 3.67. The van der Waals surface area contributed by atoms with Crippen molar-refractivity contribution in [1.82, 2.24) is 5.32 Å². The van der Waals surface area contributed by atoms with E-state index in [1.807, 2.05) is 25.1 Å². The van der Waals surface area contributed by atoms with Gasteiger partial charge in [-0.2, -0.15) is 0 Å². The lowest BCUT2D eigenvalue weighted by molar-refractivity contribution is -0.151. The fraction of sp³-hybridized carbons (Fsp3) is 0.304. The molecule has 0 radical (unpaired) electrons. The highest BCUT2D eigenvalue weighted by molar-refractivity contribution is 5.91. The maximum Gasteiger partial charge on any atom is 0.331 e. The number of nitrogens with one attached hydrogen (secondary N) is 1. The summed E-state index contributed by atoms with van der Waals surface area (Å²) >= 11 is 0. The normalized spacial score (nSPS) is 14.3. The molecule has 0 aromatic heterocycles. The van der Waals surface area contributed by atoms with Crippen molar-refractivity contribution in [2.75, 3.05) is 13.7 Å². The molecular weight excluding hydrogens is 370 g/mol. The molecule has 2 aromatic carbocycles. The van der Waals surface area contributed by atoms with Gasteiger partial charge in [0.1, 0.15) is 0 Å². The molecule has 1 fully saturated rings. The third-order valence-corrected chi connectivity index (χ3v) is 4.40. The third-order valence-electron chi connectivity index (χ3n) is 4.40. The van der Waals surface area contributed by atoms with E-state index in [1.54, 1.807) is 43.5 Å². The average Bonchev–Trinajstić information content (AvgIpc) is 3.55. The molecule has 3 rings (SSSR count). The molecule has 1 saturated carbocycles. The van der Waals surface area contributed by atoms with Crippen molar-refractivity contribution in [3.63, 3.8) is 0 Å². The van der Waals surface area contributed by atoms with E-state index in [4.69, 9.17) is 14.2 Å². The maximum atomic E-state index is 12.5. The van der Waals surface area contributed by atoms with Crippen LogP contribution in [0, 0.1) is 0 Å². The molecule has 1 atom stereocenters. The van der Waals surface area contributed by atoms with Crippen LogP contribution in [0.3, 0.4) is 0 Å². The van der Waals surface area contributed by atoms with Gasteiger partial charge >= 0.3 is 5.97 Å². The lowest BCUT2D eigenvalue weighted by Gasteiger charge is -2.17. The van der Waals surface area contributed by atoms with Gasteiger partial charge in [0.2, 0.25) is 6.10 Å². The summed E-state index contributed by atoms with van der Waals surface area (Å²) in [6, 6.07) is 14.5. The van der Waals surface area contributed by atoms with Crippen LogP contribution < -0.4 is 14.8 Å². The molecule has 6 nitrogen and oxygen atoms in total. The lowest BCUT2D eigenvalue weighted by atomic mass is 10.1. The number of hydrogen-bond acceptors (Lipinski definition) is 5. The van der Waals surface area contributed by atoms with Gasteiger partial charge in [-0.1, -0.05) is 36.4 Å². The Morgan fingerprint density at radius 3 is 2.55 bits per heavy atom. The highest BCUT2D eigenvalue weighted by Crippen LogP contribution is 2.28. The zero-order chi connectivity index (χ0) is 20.6. The molecule has 0 spiro atoms. The van der Waals surface area contributed by atoms with Crippen molar-refractivity contribution >= 4 is 18.0 Å². The molecule has 0 bridgehead atoms. The van der Waals surface area contributed by atoms with E-state index in [0.717, 1.165) is 18.4 Å². The van der Waals surface area contributed by atoms with Crippen LogP contribution in [0.25, 0.3) is 6.08 Å². The number of methoxy groups -OCH3 is 1. The first-order chi connectivity index (χ1) is 14.1. The van der Waals surface area contributed by atoms with Crippen molar-refractivity contribution < 1.29 is 23.8 Å². The van der Waals surface area contributed by atoms with Gasteiger partial charge in [0, 0.05) is 17.7 Å². The molecule has 1 amide bonds. The molecule has 29 heavy (non-hydrogen) atoms. The topological polar surface area (TPSA) is 73.9 Å². The monoisotopic (exact) mass is 395 g/mol. The second-order valence-electron chi connectivity index (χ2n) is 6.69. The summed E-state index contributed by atoms with van der Waals surface area (Å²) in [6.45, 7) is 2.39. The highest BCUT2D eigenvalue weighted by Gasteiger charge is 2.30. The van der Waals surface area contributed by atoms with Crippen LogP contribution in [-0.4, -0.2) is 31.6 Å². The Hall–Kier alpha value is -3.28. The molecule has 0 unspecified atom stereocenters. The summed E-state index contributed by atoms with van der Waals surface area (Å²) in [5, 5.41) is 2.90. The van der Waals surface area contributed by atoms with E-state index in [0.29, 0.717) is 23.7 Å². The molecule has 1 aliphatic rings. The fourth-order valence-electron chi connectivity index (χ4n) is 2.79. The van der Waals surface area contributed by atoms with Crippen LogP contribution in [0.15, 0.2) is 54.6 Å². The zero-order valence-corrected chi connectivity index (χ0v) is 16.6. The Bertz CT molecular complexity index is 874. The van der Waals surface area contributed by atoms with Crippen LogP contribution in [0.1, 0.15) is 37.0 Å². The van der Waals surface area contributed by atoms with E-state index in [9.17, 15) is 9.59 Å². The molecule has 6 heteroatoms. The summed E-state index contributed by atoms with van der Waals surface area (Å²) in [4.78, 5) is 24.9. The second kappa shape index (κ2) is 9.78. The Morgan fingerprint density at radius 2 is 1.90 bits per heavy atom. The van der Waals surface area contributed by atoms with Crippen LogP contribution in [0.2, 0.25) is 0 Å². The van der Waals surface area contributed by atoms with Gasteiger partial charge in [0.25, 0.3) is 5.91 Å². The van der Waals surface area contributed by atoms with E-state index in [-0.39, 0.29) is 11.9 Å². The van der Waals surface area contributed by atoms with Gasteiger partial charge in [-0.3, -0.25) is 4.79 Å². The molecular formula is C23H25NO5. The first kappa shape index (κ1) is 20.5. The number of rotatable bonds is 9. The van der Waals surface area contributed by atoms with Crippen molar-refractivity contribution in [1.29, 1.82) is 0 Å². The Balaban J connectivity index is 1.71. The third kappa shape index (κ3) is 5.85. The van der Waals surface area contributed by atoms with Crippen LogP contribution in [0.4, 0.5) is 0 Å². The van der Waals surface area contributed by atoms with E-state index in [2.05, 4.69) is 5.32 Å². The largest absolute Gasteiger partial charge is 0.493 e. The highest BCUT2D eigenvalue weighted by atomic mass is 16.5. The average molecular weight is 395 g/mol. The minimum Gasteiger partial charge on any atom is -0.493 e. The van der Waals surface area contributed by atoms with Gasteiger partial charge in [0.15, 0.2) is 11.5 Å². The maximum absolute atomic E-state index is 12.5. The van der Waals surface area contributed by atoms with Gasteiger partial charge in [-0.15, -0.1) is 0 Å². The van der Waals surface area contributed by atoms with Crippen molar-refractivity contribution in [3.05, 3.63) is 65.7 Å². The van der Waals surface area contributed by atoms with Gasteiger partial charge in [-0.25, -0.2) is 4.79 Å². The van der Waals surface area contributed by atoms with Crippen LogP contribution in [0.5, 0.6) is 11.5 Å². The number of carbonyl (C=O) groups excluding carboxylic acids is 2. The summed E-state index contributed by atoms with van der Waals surface area (Å²) < 4.78 is 16.3. The standard InChI is InChI=1S/C23H25NO5/c1-3-28-20-15-16(9-13-19(20)27-2)10-14-21(25)29-22(17-7-5-4-6-8-17)23(26)24-18-11-12-18/h4-10,13-15,18,22H,3,11-12H2,1-2H3,(H,24,26)/b14-10+/t22-/m1/s1. The summed E-state index contributed by atoms with van der Waals surface area (Å²) in [5.41, 5.74) is 1.39. The van der Waals surface area contributed by atoms with Crippen LogP contribution >= 0.6 is 0 Å². The number of carbonyl (C=O) groups is 2. The number of esters is 1. The van der Waals surface area contributed by atoms with Crippen molar-refractivity contribution in [2.24, 2.45) is 0 Å². The minimum absolute atomic E-state index is 0.180. The SMILES string of the molecule is CCOc1cc(/C=C/C(=O)O[C@@H](C(=O)NC2CC2)c2ccccc2)ccc1OC. The molecule has 0 aliphatic heterocycles. The van der Waals surface area contributed by atoms with E-state index < -0.39 is 12.1 Å². The first-order valence-corrected chi connectivity index (χ1v) is 9.65. The number of ether oxygens (including phenoxy) is 3. The predicted molar refractivity (Wildman–Crippen MR) is 110 cm³/mol. The van der Waals surface area contributed by atoms with E-state index in [1.165, 1.54) is 6.08 Å². The summed E-state index contributed by atoms with van der Waals surface area (Å²) in [7, 11) is 1.57. The smallest absolute Gasteiger partial charge is 0.331 e. The first-order valence-electron chi connectivity index (χ1n) is 9.65. The zero-order valence-electron chi connectivity index (χ0n) is 16.6. The van der Waals surface area contributed by atoms with E-state index >= 15 is 0 Å². The Morgan fingerprint density at radius 1 is 1.14 bits per heavy atom. The number of amides is 1. The molecule has 1 N–H and O–H groups in total. The minimum atomic E-state index is -0.983. The molecule has 152 valence electrons. The molecule has 0 heterocycles. The van der Waals surface area contributed by atoms with Gasteiger partial charge in [-0.05, 0) is 43.5 Å². The van der Waals surface area contributed by atoms with Crippen molar-refractivity contribution in [2.45, 2.75) is 31.9 Å². The Labute approximate surface area is 170 Å². The van der Waals surface area contributed by atoms with Crippen LogP contribution in [-0.2, 0) is 14.3 Å². The molecule has 1 aliphatic carbocycles. The summed E-state index contributed by atoms with van der Waals surface area (Å²) in [6.07, 6.45) is 3.86. The van der Waals surface area contributed by atoms with Gasteiger partial charge < -0.3 is 19.5 Å². The quantitative estimate of drug-likeness (QED) is 0.518. The Kier molecular flexibility index (Phi) is 6.89. The summed E-state index contributed by atoms with van der Waals surface area (Å²) in [5.74, 6) is 0.311.